The molecular formula is C19H19N5O. The predicted molar refractivity (Wildman–Crippen MR) is 96.5 cm³/mol. The first-order valence-corrected chi connectivity index (χ1v) is 8.62. The minimum Gasteiger partial charge on any atom is -0.450 e. The number of hydrogen-bond acceptors (Lipinski definition) is 5. The molecule has 0 aliphatic carbocycles. The van der Waals surface area contributed by atoms with E-state index in [0.29, 0.717) is 5.92 Å². The van der Waals surface area contributed by atoms with Crippen LogP contribution in [-0.4, -0.2) is 32.8 Å². The van der Waals surface area contributed by atoms with E-state index in [2.05, 4.69) is 26.2 Å². The van der Waals surface area contributed by atoms with Gasteiger partial charge in [-0.3, -0.25) is 4.68 Å². The lowest BCUT2D eigenvalue weighted by Gasteiger charge is -2.17. The van der Waals surface area contributed by atoms with Crippen molar-refractivity contribution >= 4 is 27.9 Å². The van der Waals surface area contributed by atoms with E-state index in [0.717, 1.165) is 53.8 Å². The third-order valence-corrected chi connectivity index (χ3v) is 5.01. The van der Waals surface area contributed by atoms with Gasteiger partial charge in [0.2, 0.25) is 0 Å². The first-order valence-electron chi connectivity index (χ1n) is 8.62. The topological polar surface area (TPSA) is 60.0 Å². The Bertz CT molecular complexity index is 1050. The minimum atomic E-state index is 0.610. The van der Waals surface area contributed by atoms with Crippen LogP contribution >= 0.6 is 0 Å². The Morgan fingerprint density at radius 2 is 2.16 bits per heavy atom. The van der Waals surface area contributed by atoms with Gasteiger partial charge in [0.25, 0.3) is 0 Å². The van der Waals surface area contributed by atoms with Crippen LogP contribution in [0.2, 0.25) is 0 Å². The van der Waals surface area contributed by atoms with E-state index in [4.69, 9.17) is 4.42 Å². The van der Waals surface area contributed by atoms with Gasteiger partial charge in [-0.25, -0.2) is 9.97 Å². The number of hydrogen-bond donors (Lipinski definition) is 0. The van der Waals surface area contributed by atoms with E-state index >= 15 is 0 Å². The lowest BCUT2D eigenvalue weighted by Crippen LogP contribution is -2.21. The van der Waals surface area contributed by atoms with Crippen LogP contribution in [0.1, 0.15) is 12.0 Å². The van der Waals surface area contributed by atoms with Crippen molar-refractivity contribution in [1.29, 1.82) is 0 Å². The van der Waals surface area contributed by atoms with Gasteiger partial charge in [-0.1, -0.05) is 12.1 Å². The fourth-order valence-electron chi connectivity index (χ4n) is 3.84. The van der Waals surface area contributed by atoms with E-state index in [1.807, 2.05) is 42.2 Å². The molecule has 6 nitrogen and oxygen atoms in total. The third-order valence-electron chi connectivity index (χ3n) is 5.01. The zero-order valence-corrected chi connectivity index (χ0v) is 14.1. The van der Waals surface area contributed by atoms with Crippen molar-refractivity contribution in [3.05, 3.63) is 48.5 Å². The van der Waals surface area contributed by atoms with E-state index in [9.17, 15) is 0 Å². The number of para-hydroxylation sites is 1. The number of aryl methyl sites for hydroxylation is 1. The number of rotatable bonds is 3. The number of benzene rings is 1. The Morgan fingerprint density at radius 1 is 1.24 bits per heavy atom. The molecule has 1 saturated heterocycles. The van der Waals surface area contributed by atoms with Crippen molar-refractivity contribution in [3.8, 4) is 0 Å². The van der Waals surface area contributed by atoms with Gasteiger partial charge in [0.1, 0.15) is 17.4 Å². The summed E-state index contributed by atoms with van der Waals surface area (Å²) in [6.45, 7) is 1.98. The summed E-state index contributed by atoms with van der Waals surface area (Å²) < 4.78 is 7.94. The molecule has 6 heteroatoms. The number of nitrogens with zero attached hydrogens (tertiary/aromatic N) is 5. The highest BCUT2D eigenvalue weighted by molar-refractivity contribution is 6.05. The second kappa shape index (κ2) is 5.58. The van der Waals surface area contributed by atoms with E-state index in [1.165, 1.54) is 5.56 Å². The first kappa shape index (κ1) is 14.5. The van der Waals surface area contributed by atoms with Crippen LogP contribution in [0, 0.1) is 5.92 Å². The average molecular weight is 333 g/mol. The summed E-state index contributed by atoms with van der Waals surface area (Å²) in [6.07, 6.45) is 7.92. The van der Waals surface area contributed by atoms with Gasteiger partial charge in [-0.15, -0.1) is 0 Å². The molecule has 25 heavy (non-hydrogen) atoms. The maximum Gasteiger partial charge on any atom is 0.196 e. The van der Waals surface area contributed by atoms with Crippen LogP contribution in [0.25, 0.3) is 22.1 Å². The zero-order valence-electron chi connectivity index (χ0n) is 14.1. The minimum absolute atomic E-state index is 0.610. The lowest BCUT2D eigenvalue weighted by molar-refractivity contribution is 0.585. The zero-order chi connectivity index (χ0) is 16.8. The summed E-state index contributed by atoms with van der Waals surface area (Å²) >= 11 is 0. The molecule has 0 radical (unpaired) electrons. The van der Waals surface area contributed by atoms with Crippen molar-refractivity contribution < 1.29 is 4.42 Å². The van der Waals surface area contributed by atoms with Crippen molar-refractivity contribution in [1.82, 2.24) is 19.7 Å². The molecular weight excluding hydrogens is 314 g/mol. The molecule has 1 aliphatic rings. The SMILES string of the molecule is Cn1cc(CC2CCN(c3ncnc4c3oc3ccccc34)C2)cn1. The van der Waals surface area contributed by atoms with Crippen molar-refractivity contribution in [3.63, 3.8) is 0 Å². The maximum atomic E-state index is 6.07. The highest BCUT2D eigenvalue weighted by atomic mass is 16.3. The molecule has 4 aromatic rings. The summed E-state index contributed by atoms with van der Waals surface area (Å²) in [4.78, 5) is 11.3. The van der Waals surface area contributed by atoms with Crippen LogP contribution in [0.3, 0.4) is 0 Å². The monoisotopic (exact) mass is 333 g/mol. The van der Waals surface area contributed by atoms with Crippen molar-refractivity contribution in [2.75, 3.05) is 18.0 Å². The second-order valence-electron chi connectivity index (χ2n) is 6.80. The predicted octanol–water partition coefficient (Wildman–Crippen LogP) is 3.18. The Morgan fingerprint density at radius 3 is 3.04 bits per heavy atom. The van der Waals surface area contributed by atoms with Crippen LogP contribution in [0.5, 0.6) is 0 Å². The summed E-state index contributed by atoms with van der Waals surface area (Å²) in [5, 5.41) is 5.32. The van der Waals surface area contributed by atoms with Gasteiger partial charge in [-0.2, -0.15) is 5.10 Å². The molecule has 5 rings (SSSR count). The van der Waals surface area contributed by atoms with Crippen LogP contribution in [-0.2, 0) is 13.5 Å². The van der Waals surface area contributed by atoms with Gasteiger partial charge >= 0.3 is 0 Å². The quantitative estimate of drug-likeness (QED) is 0.576. The second-order valence-corrected chi connectivity index (χ2v) is 6.80. The number of furan rings is 1. The van der Waals surface area contributed by atoms with Gasteiger partial charge in [-0.05, 0) is 36.5 Å². The maximum absolute atomic E-state index is 6.07. The summed E-state index contributed by atoms with van der Waals surface area (Å²) in [7, 11) is 1.96. The van der Waals surface area contributed by atoms with Crippen LogP contribution in [0.15, 0.2) is 47.4 Å². The molecule has 0 N–H and O–H groups in total. The molecule has 0 amide bonds. The molecule has 1 aromatic carbocycles. The number of aromatic nitrogens is 4. The molecule has 0 spiro atoms. The molecule has 0 saturated carbocycles. The van der Waals surface area contributed by atoms with Gasteiger partial charge < -0.3 is 9.32 Å². The normalized spacial score (nSPS) is 17.8. The molecule has 1 atom stereocenters. The van der Waals surface area contributed by atoms with Crippen molar-refractivity contribution in [2.45, 2.75) is 12.8 Å². The first-order chi connectivity index (χ1) is 12.3. The third kappa shape index (κ3) is 2.45. The molecule has 1 unspecified atom stereocenters. The average Bonchev–Trinajstić information content (AvgIpc) is 3.33. The van der Waals surface area contributed by atoms with E-state index in [-0.39, 0.29) is 0 Å². The number of fused-ring (bicyclic) bond motifs is 3. The Labute approximate surface area is 145 Å². The fourth-order valence-corrected chi connectivity index (χ4v) is 3.84. The number of anilines is 1. The van der Waals surface area contributed by atoms with E-state index in [1.54, 1.807) is 6.33 Å². The van der Waals surface area contributed by atoms with E-state index < -0.39 is 0 Å². The van der Waals surface area contributed by atoms with Gasteiger partial charge in [0.15, 0.2) is 11.4 Å². The van der Waals surface area contributed by atoms with Crippen LogP contribution in [0.4, 0.5) is 5.82 Å². The van der Waals surface area contributed by atoms with Crippen LogP contribution < -0.4 is 4.90 Å². The standard InChI is InChI=1S/C19H19N5O/c1-23-10-14(9-22-23)8-13-6-7-24(11-13)19-18-17(20-12-21-19)15-4-2-3-5-16(15)25-18/h2-5,9-10,12-13H,6-8,11H2,1H3. The Kier molecular flexibility index (Phi) is 3.23. The fraction of sp³-hybridized carbons (Fsp3) is 0.316. The molecule has 4 heterocycles. The highest BCUT2D eigenvalue weighted by Crippen LogP contribution is 2.34. The van der Waals surface area contributed by atoms with Crippen molar-refractivity contribution in [2.24, 2.45) is 13.0 Å². The lowest BCUT2D eigenvalue weighted by atomic mass is 10.0. The largest absolute Gasteiger partial charge is 0.450 e. The van der Waals surface area contributed by atoms with Gasteiger partial charge in [0.05, 0.1) is 6.20 Å². The smallest absolute Gasteiger partial charge is 0.196 e. The Balaban J connectivity index is 1.45. The molecule has 0 bridgehead atoms. The highest BCUT2D eigenvalue weighted by Gasteiger charge is 2.27. The molecule has 1 aliphatic heterocycles. The molecule has 3 aromatic heterocycles. The summed E-state index contributed by atoms with van der Waals surface area (Å²) in [6, 6.07) is 8.03. The van der Waals surface area contributed by atoms with Gasteiger partial charge in [0, 0.05) is 31.7 Å². The summed E-state index contributed by atoms with van der Waals surface area (Å²) in [5.74, 6) is 1.52. The molecule has 1 fully saturated rings. The molecule has 126 valence electrons. The summed E-state index contributed by atoms with van der Waals surface area (Å²) in [5.41, 5.74) is 3.86. The Hall–Kier alpha value is -2.89.